The molecule has 3 heterocycles. The van der Waals surface area contributed by atoms with Crippen molar-refractivity contribution in [2.75, 3.05) is 13.1 Å². The molecule has 174 valence electrons. The topological polar surface area (TPSA) is 57.2 Å². The van der Waals surface area contributed by atoms with Crippen molar-refractivity contribution in [1.29, 1.82) is 0 Å². The van der Waals surface area contributed by atoms with Gasteiger partial charge in [0.05, 0.1) is 11.2 Å². The van der Waals surface area contributed by atoms with Gasteiger partial charge in [0.2, 0.25) is 0 Å². The van der Waals surface area contributed by atoms with Crippen molar-refractivity contribution < 1.29 is 23.6 Å². The summed E-state index contributed by atoms with van der Waals surface area (Å²) in [5.41, 5.74) is 0.155. The van der Waals surface area contributed by atoms with Gasteiger partial charge >= 0.3 is 13.2 Å². The van der Waals surface area contributed by atoms with Crippen LogP contribution in [-0.4, -0.2) is 53.6 Å². The molecule has 1 unspecified atom stereocenters. The van der Waals surface area contributed by atoms with Crippen molar-refractivity contribution in [2.45, 2.75) is 90.1 Å². The van der Waals surface area contributed by atoms with E-state index in [4.69, 9.17) is 18.8 Å². The molecule has 4 rings (SSSR count). The molecule has 0 aromatic heterocycles. The molecule has 0 radical (unpaired) electrons. The number of ether oxygens (including phenoxy) is 2. The average Bonchev–Trinajstić information content (AvgIpc) is 2.80. The summed E-state index contributed by atoms with van der Waals surface area (Å²) in [6, 6.07) is 8.06. The molecule has 1 amide bonds. The standard InChI is InChI=1S/C25H36BNO5/c1-22(2,3)30-21(28)27-15-10-13-25(14-16-27)17-19(18-11-8-9-12-20(18)29-25)26-31-23(4,5)24(6,7)32-26/h8-9,11-12,17H,10,13-16H2,1-7H3. The van der Waals surface area contributed by atoms with Crippen LogP contribution in [0.2, 0.25) is 0 Å². The fourth-order valence-electron chi connectivity index (χ4n) is 4.45. The molecule has 32 heavy (non-hydrogen) atoms. The van der Waals surface area contributed by atoms with Gasteiger partial charge in [-0.05, 0) is 78.9 Å². The van der Waals surface area contributed by atoms with Crippen LogP contribution in [-0.2, 0) is 14.0 Å². The SMILES string of the molecule is CC(C)(C)OC(=O)N1CCCC2(C=C(B3OC(C)(C)C(C)(C)O3)c3ccccc3O2)CC1. The van der Waals surface area contributed by atoms with Crippen molar-refractivity contribution in [3.05, 3.63) is 35.9 Å². The summed E-state index contributed by atoms with van der Waals surface area (Å²) < 4.78 is 25.0. The van der Waals surface area contributed by atoms with E-state index in [1.54, 1.807) is 4.90 Å². The lowest BCUT2D eigenvalue weighted by molar-refractivity contribution is 0.00578. The third-order valence-corrected chi connectivity index (χ3v) is 6.92. The number of benzene rings is 1. The predicted molar refractivity (Wildman–Crippen MR) is 126 cm³/mol. The number of fused-ring (bicyclic) bond motifs is 1. The summed E-state index contributed by atoms with van der Waals surface area (Å²) in [6.45, 7) is 15.2. The van der Waals surface area contributed by atoms with E-state index in [-0.39, 0.29) is 6.09 Å². The molecule has 0 saturated carbocycles. The minimum absolute atomic E-state index is 0.263. The Morgan fingerprint density at radius 1 is 1.03 bits per heavy atom. The van der Waals surface area contributed by atoms with E-state index in [2.05, 4.69) is 39.8 Å². The zero-order valence-corrected chi connectivity index (χ0v) is 20.5. The van der Waals surface area contributed by atoms with E-state index in [1.807, 2.05) is 39.0 Å². The molecule has 6 nitrogen and oxygen atoms in total. The van der Waals surface area contributed by atoms with E-state index >= 15 is 0 Å². The lowest BCUT2D eigenvalue weighted by atomic mass is 9.69. The molecular weight excluding hydrogens is 405 g/mol. The number of amides is 1. The smallest absolute Gasteiger partial charge is 0.483 e. The van der Waals surface area contributed by atoms with Crippen molar-refractivity contribution >= 4 is 18.7 Å². The average molecular weight is 441 g/mol. The van der Waals surface area contributed by atoms with Gasteiger partial charge in [-0.2, -0.15) is 0 Å². The highest BCUT2D eigenvalue weighted by atomic mass is 16.7. The van der Waals surface area contributed by atoms with Crippen LogP contribution in [0.15, 0.2) is 30.3 Å². The van der Waals surface area contributed by atoms with E-state index in [9.17, 15) is 4.79 Å². The van der Waals surface area contributed by atoms with E-state index in [1.165, 1.54) is 0 Å². The molecule has 1 spiro atoms. The highest BCUT2D eigenvalue weighted by Gasteiger charge is 2.54. The van der Waals surface area contributed by atoms with E-state index < -0.39 is 29.5 Å². The van der Waals surface area contributed by atoms with E-state index in [0.717, 1.165) is 29.6 Å². The third-order valence-electron chi connectivity index (χ3n) is 6.92. The van der Waals surface area contributed by atoms with Crippen LogP contribution in [0.3, 0.4) is 0 Å². The predicted octanol–water partition coefficient (Wildman–Crippen LogP) is 5.25. The molecule has 0 N–H and O–H groups in total. The van der Waals surface area contributed by atoms with Gasteiger partial charge in [-0.1, -0.05) is 18.2 Å². The van der Waals surface area contributed by atoms with Gasteiger partial charge in [-0.25, -0.2) is 4.79 Å². The Morgan fingerprint density at radius 3 is 2.34 bits per heavy atom. The maximum absolute atomic E-state index is 12.7. The molecule has 2 saturated heterocycles. The van der Waals surface area contributed by atoms with E-state index in [0.29, 0.717) is 19.5 Å². The van der Waals surface area contributed by atoms with Crippen LogP contribution >= 0.6 is 0 Å². The number of likely N-dealkylation sites (tertiary alicyclic amines) is 1. The van der Waals surface area contributed by atoms with Crippen LogP contribution < -0.4 is 4.74 Å². The molecular formula is C25H36BNO5. The Hall–Kier alpha value is -1.99. The first-order valence-corrected chi connectivity index (χ1v) is 11.7. The lowest BCUT2D eigenvalue weighted by Crippen LogP contribution is -2.41. The first kappa shape index (κ1) is 23.2. The van der Waals surface area contributed by atoms with Gasteiger partial charge in [0.25, 0.3) is 0 Å². The molecule has 1 atom stereocenters. The monoisotopic (exact) mass is 441 g/mol. The maximum atomic E-state index is 12.7. The number of carbonyl (C=O) groups excluding carboxylic acids is 1. The number of rotatable bonds is 1. The Kier molecular flexibility index (Phi) is 5.65. The fourth-order valence-corrected chi connectivity index (χ4v) is 4.45. The number of nitrogens with zero attached hydrogens (tertiary/aromatic N) is 1. The normalized spacial score (nSPS) is 26.8. The summed E-state index contributed by atoms with van der Waals surface area (Å²) in [6.07, 6.45) is 4.25. The number of para-hydroxylation sites is 1. The van der Waals surface area contributed by atoms with Crippen LogP contribution in [0.25, 0.3) is 5.47 Å². The van der Waals surface area contributed by atoms with Gasteiger partial charge < -0.3 is 23.7 Å². The Labute approximate surface area is 192 Å². The maximum Gasteiger partial charge on any atom is 0.495 e. The minimum Gasteiger partial charge on any atom is -0.483 e. The second-order valence-electron chi connectivity index (χ2n) is 11.2. The highest BCUT2D eigenvalue weighted by molar-refractivity contribution is 6.69. The molecule has 1 aromatic carbocycles. The van der Waals surface area contributed by atoms with Gasteiger partial charge in [0.1, 0.15) is 17.0 Å². The number of hydrogen-bond donors (Lipinski definition) is 0. The lowest BCUT2D eigenvalue weighted by Gasteiger charge is -2.37. The van der Waals surface area contributed by atoms with Gasteiger partial charge in [0, 0.05) is 25.1 Å². The van der Waals surface area contributed by atoms with Crippen molar-refractivity contribution in [2.24, 2.45) is 0 Å². The summed E-state index contributed by atoms with van der Waals surface area (Å²) >= 11 is 0. The largest absolute Gasteiger partial charge is 0.495 e. The van der Waals surface area contributed by atoms with Crippen LogP contribution in [0, 0.1) is 0 Å². The Morgan fingerprint density at radius 2 is 1.69 bits per heavy atom. The van der Waals surface area contributed by atoms with Crippen LogP contribution in [0.5, 0.6) is 5.75 Å². The molecule has 0 bridgehead atoms. The van der Waals surface area contributed by atoms with Crippen molar-refractivity contribution in [3.8, 4) is 5.75 Å². The van der Waals surface area contributed by atoms with Crippen LogP contribution in [0.4, 0.5) is 4.79 Å². The fraction of sp³-hybridized carbons (Fsp3) is 0.640. The minimum atomic E-state index is -0.510. The first-order chi connectivity index (χ1) is 14.8. The second kappa shape index (κ2) is 7.81. The molecule has 3 aliphatic rings. The summed E-state index contributed by atoms with van der Waals surface area (Å²) in [5.74, 6) is 0.838. The second-order valence-corrected chi connectivity index (χ2v) is 11.2. The number of hydrogen-bond acceptors (Lipinski definition) is 5. The van der Waals surface area contributed by atoms with Crippen LogP contribution in [0.1, 0.15) is 73.3 Å². The molecule has 0 aliphatic carbocycles. The molecule has 1 aromatic rings. The highest BCUT2D eigenvalue weighted by Crippen LogP contribution is 2.46. The zero-order chi connectivity index (χ0) is 23.4. The Bertz CT molecular complexity index is 903. The molecule has 2 fully saturated rings. The Balaban J connectivity index is 1.62. The van der Waals surface area contributed by atoms with Crippen molar-refractivity contribution in [1.82, 2.24) is 4.90 Å². The molecule has 3 aliphatic heterocycles. The summed E-state index contributed by atoms with van der Waals surface area (Å²) in [4.78, 5) is 14.5. The number of carbonyl (C=O) groups is 1. The van der Waals surface area contributed by atoms with Gasteiger partial charge in [0.15, 0.2) is 0 Å². The quantitative estimate of drug-likeness (QED) is 0.557. The first-order valence-electron chi connectivity index (χ1n) is 11.7. The van der Waals surface area contributed by atoms with Gasteiger partial charge in [-0.3, -0.25) is 0 Å². The summed E-state index contributed by atoms with van der Waals surface area (Å²) in [7, 11) is -0.466. The van der Waals surface area contributed by atoms with Gasteiger partial charge in [-0.15, -0.1) is 0 Å². The summed E-state index contributed by atoms with van der Waals surface area (Å²) in [5, 5.41) is 0. The molecule has 7 heteroatoms. The van der Waals surface area contributed by atoms with Crippen molar-refractivity contribution in [3.63, 3.8) is 0 Å². The zero-order valence-electron chi connectivity index (χ0n) is 20.5. The third kappa shape index (κ3) is 4.42.